The van der Waals surface area contributed by atoms with Crippen LogP contribution < -0.4 is 0 Å². The van der Waals surface area contributed by atoms with Crippen molar-refractivity contribution < 1.29 is 9.59 Å². The van der Waals surface area contributed by atoms with Crippen LogP contribution in [-0.2, 0) is 4.79 Å². The molecule has 2 amide bonds. The summed E-state index contributed by atoms with van der Waals surface area (Å²) >= 11 is 1.80. The van der Waals surface area contributed by atoms with Crippen LogP contribution in [-0.4, -0.2) is 53.0 Å². The number of hydrogen-bond acceptors (Lipinski definition) is 3. The van der Waals surface area contributed by atoms with Gasteiger partial charge in [0.2, 0.25) is 5.91 Å². The number of carbonyl (C=O) groups is 2. The van der Waals surface area contributed by atoms with E-state index in [0.717, 1.165) is 17.9 Å². The topological polar surface area (TPSA) is 40.6 Å². The lowest BCUT2D eigenvalue weighted by Gasteiger charge is -2.35. The Balaban J connectivity index is 1.45. The average Bonchev–Trinajstić information content (AvgIpc) is 3.19. The molecule has 0 spiro atoms. The van der Waals surface area contributed by atoms with Crippen LogP contribution in [0, 0.1) is 5.92 Å². The zero-order valence-corrected chi connectivity index (χ0v) is 17.5. The molecule has 1 aromatic rings. The molecule has 4 nitrogen and oxygen atoms in total. The Hall–Kier alpha value is -1.49. The van der Waals surface area contributed by atoms with Gasteiger partial charge in [-0.25, -0.2) is 0 Å². The van der Waals surface area contributed by atoms with Crippen LogP contribution in [0.4, 0.5) is 0 Å². The van der Waals surface area contributed by atoms with Crippen molar-refractivity contribution in [3.8, 4) is 0 Å². The second-order valence-corrected chi connectivity index (χ2v) is 9.70. The first kappa shape index (κ1) is 20.2. The van der Waals surface area contributed by atoms with E-state index < -0.39 is 0 Å². The van der Waals surface area contributed by atoms with Gasteiger partial charge in [0, 0.05) is 48.3 Å². The van der Waals surface area contributed by atoms with Crippen molar-refractivity contribution >= 4 is 23.6 Å². The van der Waals surface area contributed by atoms with E-state index in [1.165, 1.54) is 30.6 Å². The van der Waals surface area contributed by atoms with Gasteiger partial charge in [-0.05, 0) is 36.6 Å². The van der Waals surface area contributed by atoms with Crippen LogP contribution in [0.3, 0.4) is 0 Å². The van der Waals surface area contributed by atoms with Crippen LogP contribution in [0.1, 0.15) is 62.7 Å². The van der Waals surface area contributed by atoms with Gasteiger partial charge in [-0.3, -0.25) is 9.59 Å². The molecule has 0 unspecified atom stereocenters. The molecule has 5 heteroatoms. The Morgan fingerprint density at radius 1 is 1.00 bits per heavy atom. The molecule has 0 bridgehead atoms. The molecule has 0 atom stereocenters. The van der Waals surface area contributed by atoms with Gasteiger partial charge in [-0.2, -0.15) is 0 Å². The molecule has 0 N–H and O–H groups in total. The van der Waals surface area contributed by atoms with Crippen molar-refractivity contribution in [2.75, 3.05) is 26.2 Å². The van der Waals surface area contributed by atoms with E-state index in [1.807, 2.05) is 34.1 Å². The lowest BCUT2D eigenvalue weighted by molar-refractivity contribution is -0.133. The molecule has 0 radical (unpaired) electrons. The average molecular weight is 389 g/mol. The van der Waals surface area contributed by atoms with Crippen molar-refractivity contribution in [1.82, 2.24) is 9.80 Å². The van der Waals surface area contributed by atoms with Crippen molar-refractivity contribution in [1.29, 1.82) is 0 Å². The Morgan fingerprint density at radius 2 is 1.59 bits per heavy atom. The maximum absolute atomic E-state index is 12.7. The summed E-state index contributed by atoms with van der Waals surface area (Å²) in [4.78, 5) is 30.2. The number of rotatable bonds is 6. The molecule has 3 rings (SSSR count). The second kappa shape index (κ2) is 9.63. The summed E-state index contributed by atoms with van der Waals surface area (Å²) in [6.45, 7) is 6.93. The monoisotopic (exact) mass is 388 g/mol. The third-order valence-corrected chi connectivity index (χ3v) is 6.65. The standard InChI is InChI=1S/C22H32N2O2S/c1-17(2)27-20-10-8-19(9-11-20)22(26)24-15-13-23(14-16-24)21(25)12-7-18-5-3-4-6-18/h8-11,17-18H,3-7,12-16H2,1-2H3. The molecule has 2 fully saturated rings. The van der Waals surface area contributed by atoms with Crippen LogP contribution in [0.25, 0.3) is 0 Å². The van der Waals surface area contributed by atoms with E-state index in [2.05, 4.69) is 13.8 Å². The van der Waals surface area contributed by atoms with Gasteiger partial charge in [-0.1, -0.05) is 39.5 Å². The lowest BCUT2D eigenvalue weighted by atomic mass is 10.0. The van der Waals surface area contributed by atoms with Gasteiger partial charge >= 0.3 is 0 Å². The van der Waals surface area contributed by atoms with E-state index >= 15 is 0 Å². The molecule has 1 saturated carbocycles. The highest BCUT2D eigenvalue weighted by Crippen LogP contribution is 2.29. The first-order valence-electron chi connectivity index (χ1n) is 10.4. The minimum Gasteiger partial charge on any atom is -0.339 e. The van der Waals surface area contributed by atoms with Crippen molar-refractivity contribution in [3.63, 3.8) is 0 Å². The van der Waals surface area contributed by atoms with Gasteiger partial charge in [0.1, 0.15) is 0 Å². The number of carbonyl (C=O) groups excluding carboxylic acids is 2. The van der Waals surface area contributed by atoms with Gasteiger partial charge in [0.25, 0.3) is 5.91 Å². The molecule has 1 aliphatic carbocycles. The summed E-state index contributed by atoms with van der Waals surface area (Å²) in [6.07, 6.45) is 6.97. The molecule has 148 valence electrons. The number of thioether (sulfide) groups is 1. The number of amides is 2. The van der Waals surface area contributed by atoms with Crippen molar-refractivity contribution in [2.45, 2.75) is 62.5 Å². The largest absolute Gasteiger partial charge is 0.339 e. The molecule has 1 heterocycles. The number of benzene rings is 1. The maximum atomic E-state index is 12.7. The predicted octanol–water partition coefficient (Wildman–Crippen LogP) is 4.44. The molecule has 2 aliphatic rings. The van der Waals surface area contributed by atoms with E-state index in [9.17, 15) is 9.59 Å². The zero-order chi connectivity index (χ0) is 19.2. The van der Waals surface area contributed by atoms with Crippen LogP contribution in [0.5, 0.6) is 0 Å². The summed E-state index contributed by atoms with van der Waals surface area (Å²) < 4.78 is 0. The van der Waals surface area contributed by atoms with Crippen LogP contribution in [0.2, 0.25) is 0 Å². The second-order valence-electron chi connectivity index (χ2n) is 8.05. The third-order valence-electron chi connectivity index (χ3n) is 5.63. The van der Waals surface area contributed by atoms with Gasteiger partial charge < -0.3 is 9.80 Å². The van der Waals surface area contributed by atoms with Crippen molar-refractivity contribution in [3.05, 3.63) is 29.8 Å². The van der Waals surface area contributed by atoms with Gasteiger partial charge in [0.15, 0.2) is 0 Å². The lowest BCUT2D eigenvalue weighted by Crippen LogP contribution is -2.50. The molecule has 1 saturated heterocycles. The summed E-state index contributed by atoms with van der Waals surface area (Å²) in [5.74, 6) is 1.10. The highest BCUT2D eigenvalue weighted by atomic mass is 32.2. The zero-order valence-electron chi connectivity index (χ0n) is 16.7. The normalized spacial score (nSPS) is 18.3. The van der Waals surface area contributed by atoms with E-state index in [4.69, 9.17) is 0 Å². The summed E-state index contributed by atoms with van der Waals surface area (Å²) in [7, 11) is 0. The number of nitrogens with zero attached hydrogens (tertiary/aromatic N) is 2. The van der Waals surface area contributed by atoms with Gasteiger partial charge in [0.05, 0.1) is 0 Å². The minimum atomic E-state index is 0.0779. The Kier molecular flexibility index (Phi) is 7.22. The quantitative estimate of drug-likeness (QED) is 0.677. The molecule has 1 aromatic carbocycles. The van der Waals surface area contributed by atoms with Gasteiger partial charge in [-0.15, -0.1) is 11.8 Å². The fraction of sp³-hybridized carbons (Fsp3) is 0.636. The summed E-state index contributed by atoms with van der Waals surface area (Å²) in [6, 6.07) is 7.90. The van der Waals surface area contributed by atoms with E-state index in [0.29, 0.717) is 37.8 Å². The first-order chi connectivity index (χ1) is 13.0. The fourth-order valence-electron chi connectivity index (χ4n) is 4.07. The Labute approximate surface area is 167 Å². The summed E-state index contributed by atoms with van der Waals surface area (Å²) in [5.41, 5.74) is 0.740. The smallest absolute Gasteiger partial charge is 0.253 e. The van der Waals surface area contributed by atoms with Crippen LogP contribution in [0.15, 0.2) is 29.2 Å². The van der Waals surface area contributed by atoms with E-state index in [1.54, 1.807) is 11.8 Å². The SMILES string of the molecule is CC(C)Sc1ccc(C(=O)N2CCN(C(=O)CCC3CCCC3)CC2)cc1. The Bertz CT molecular complexity index is 630. The predicted molar refractivity (Wildman–Crippen MR) is 111 cm³/mol. The molecule has 27 heavy (non-hydrogen) atoms. The fourth-order valence-corrected chi connectivity index (χ4v) is 4.91. The maximum Gasteiger partial charge on any atom is 0.253 e. The number of piperazine rings is 1. The highest BCUT2D eigenvalue weighted by Gasteiger charge is 2.25. The molecule has 0 aromatic heterocycles. The summed E-state index contributed by atoms with van der Waals surface area (Å²) in [5, 5.41) is 0.533. The minimum absolute atomic E-state index is 0.0779. The Morgan fingerprint density at radius 3 is 2.19 bits per heavy atom. The highest BCUT2D eigenvalue weighted by molar-refractivity contribution is 7.99. The molecular formula is C22H32N2O2S. The number of hydrogen-bond donors (Lipinski definition) is 0. The first-order valence-corrected chi connectivity index (χ1v) is 11.2. The van der Waals surface area contributed by atoms with E-state index in [-0.39, 0.29) is 11.8 Å². The third kappa shape index (κ3) is 5.74. The van der Waals surface area contributed by atoms with Crippen LogP contribution >= 0.6 is 11.8 Å². The van der Waals surface area contributed by atoms with Crippen molar-refractivity contribution in [2.24, 2.45) is 5.92 Å². The molecule has 1 aliphatic heterocycles. The molecular weight excluding hydrogens is 356 g/mol.